The Bertz CT molecular complexity index is 1200. The molecule has 0 radical (unpaired) electrons. The number of carbonyl (C=O) groups is 2. The molecule has 0 unspecified atom stereocenters. The van der Waals surface area contributed by atoms with Crippen LogP contribution in [-0.2, 0) is 9.59 Å². The maximum Gasteiger partial charge on any atom is 0.247 e. The second kappa shape index (κ2) is 11.3. The van der Waals surface area contributed by atoms with Gasteiger partial charge in [-0.25, -0.2) is 9.37 Å². The van der Waals surface area contributed by atoms with Crippen molar-refractivity contribution in [2.24, 2.45) is 0 Å². The van der Waals surface area contributed by atoms with Crippen LogP contribution >= 0.6 is 0 Å². The topological polar surface area (TPSA) is 77.6 Å². The lowest BCUT2D eigenvalue weighted by Gasteiger charge is -2.33. The van der Waals surface area contributed by atoms with Crippen molar-refractivity contribution >= 4 is 23.3 Å². The largest absolute Gasteiger partial charge is 0.359 e. The summed E-state index contributed by atoms with van der Waals surface area (Å²) in [5.74, 6) is -0.130. The van der Waals surface area contributed by atoms with Crippen LogP contribution in [0.1, 0.15) is 35.6 Å². The van der Waals surface area contributed by atoms with Gasteiger partial charge in [-0.2, -0.15) is 0 Å². The van der Waals surface area contributed by atoms with Crippen LogP contribution in [0.5, 0.6) is 0 Å². The molecular formula is C28H32FN5O2. The molecule has 3 aromatic rings. The number of carbonyl (C=O) groups excluding carboxylic acids is 2. The maximum atomic E-state index is 14.0. The SMILES string of the molecule is Cc1ccc([C@H](C)CN[C@@H](C(=O)Nc2ccc(N3CCN(C)C(=O)C3)cn2)c2cccc(F)c2)cc1. The number of nitrogens with one attached hydrogen (secondary N) is 2. The van der Waals surface area contributed by atoms with E-state index in [1.54, 1.807) is 36.3 Å². The van der Waals surface area contributed by atoms with Crippen LogP contribution in [0.3, 0.4) is 0 Å². The minimum Gasteiger partial charge on any atom is -0.359 e. The third-order valence-corrected chi connectivity index (χ3v) is 6.54. The van der Waals surface area contributed by atoms with Crippen LogP contribution in [0.2, 0.25) is 0 Å². The van der Waals surface area contributed by atoms with Gasteiger partial charge in [0.25, 0.3) is 0 Å². The molecule has 0 saturated carbocycles. The lowest BCUT2D eigenvalue weighted by atomic mass is 9.98. The van der Waals surface area contributed by atoms with Crippen LogP contribution in [-0.4, -0.2) is 54.9 Å². The highest BCUT2D eigenvalue weighted by Gasteiger charge is 2.24. The van der Waals surface area contributed by atoms with Crippen LogP contribution in [0.15, 0.2) is 66.9 Å². The van der Waals surface area contributed by atoms with Gasteiger partial charge in [0.1, 0.15) is 17.7 Å². The highest BCUT2D eigenvalue weighted by atomic mass is 19.1. The standard InChI is InChI=1S/C28H32FN5O2/c1-19-7-9-21(10-8-19)20(2)16-31-27(22-5-4-6-23(29)15-22)28(36)32-25-12-11-24(17-30-25)34-14-13-33(3)26(35)18-34/h4-12,15,17,20,27,31H,13-14,16,18H2,1-3H3,(H,30,32,36)/t20-,27-/m1/s1. The second-order valence-corrected chi connectivity index (χ2v) is 9.34. The number of pyridine rings is 1. The number of piperazine rings is 1. The summed E-state index contributed by atoms with van der Waals surface area (Å²) in [4.78, 5) is 33.4. The average Bonchev–Trinajstić information content (AvgIpc) is 2.87. The van der Waals surface area contributed by atoms with Gasteiger partial charge in [-0.05, 0) is 48.2 Å². The summed E-state index contributed by atoms with van der Waals surface area (Å²) in [5, 5.41) is 6.16. The summed E-state index contributed by atoms with van der Waals surface area (Å²) < 4.78 is 14.0. The summed E-state index contributed by atoms with van der Waals surface area (Å²) in [5.41, 5.74) is 3.71. The first-order valence-electron chi connectivity index (χ1n) is 12.1. The molecule has 7 nitrogen and oxygen atoms in total. The third-order valence-electron chi connectivity index (χ3n) is 6.54. The molecule has 1 fully saturated rings. The first kappa shape index (κ1) is 25.3. The molecular weight excluding hydrogens is 457 g/mol. The average molecular weight is 490 g/mol. The quantitative estimate of drug-likeness (QED) is 0.502. The predicted molar refractivity (Wildman–Crippen MR) is 139 cm³/mol. The van der Waals surface area contributed by atoms with Gasteiger partial charge in [-0.15, -0.1) is 0 Å². The summed E-state index contributed by atoms with van der Waals surface area (Å²) >= 11 is 0. The fraction of sp³-hybridized carbons (Fsp3) is 0.321. The van der Waals surface area contributed by atoms with E-state index in [2.05, 4.69) is 46.8 Å². The molecule has 0 bridgehead atoms. The van der Waals surface area contributed by atoms with Gasteiger partial charge in [-0.1, -0.05) is 48.9 Å². The first-order valence-corrected chi connectivity index (χ1v) is 12.1. The number of benzene rings is 2. The summed E-state index contributed by atoms with van der Waals surface area (Å²) in [7, 11) is 1.79. The van der Waals surface area contributed by atoms with E-state index in [1.807, 2.05) is 17.9 Å². The van der Waals surface area contributed by atoms with E-state index < -0.39 is 11.9 Å². The Morgan fingerprint density at radius 1 is 1.08 bits per heavy atom. The Kier molecular flexibility index (Phi) is 7.95. The zero-order valence-electron chi connectivity index (χ0n) is 20.9. The van der Waals surface area contributed by atoms with E-state index in [0.29, 0.717) is 31.0 Å². The van der Waals surface area contributed by atoms with Crippen molar-refractivity contribution in [2.75, 3.05) is 43.4 Å². The smallest absolute Gasteiger partial charge is 0.247 e. The number of rotatable bonds is 8. The van der Waals surface area contributed by atoms with Gasteiger partial charge in [0, 0.05) is 26.7 Å². The van der Waals surface area contributed by atoms with Gasteiger partial charge in [-0.3, -0.25) is 9.59 Å². The number of aryl methyl sites for hydroxylation is 1. The molecule has 2 amide bonds. The van der Waals surface area contributed by atoms with Crippen molar-refractivity contribution in [1.82, 2.24) is 15.2 Å². The first-order chi connectivity index (χ1) is 17.3. The Labute approximate surface area is 211 Å². The molecule has 1 aliphatic heterocycles. The van der Waals surface area contributed by atoms with Gasteiger partial charge in [0.05, 0.1) is 18.4 Å². The normalized spacial score (nSPS) is 15.5. The van der Waals surface area contributed by atoms with Gasteiger partial charge >= 0.3 is 0 Å². The zero-order chi connectivity index (χ0) is 25.7. The van der Waals surface area contributed by atoms with E-state index in [4.69, 9.17) is 0 Å². The molecule has 188 valence electrons. The van der Waals surface area contributed by atoms with E-state index in [0.717, 1.165) is 17.8 Å². The lowest BCUT2D eigenvalue weighted by molar-refractivity contribution is -0.129. The van der Waals surface area contributed by atoms with Gasteiger partial charge in [0.15, 0.2) is 0 Å². The minimum atomic E-state index is -0.759. The van der Waals surface area contributed by atoms with Crippen LogP contribution in [0.4, 0.5) is 15.9 Å². The number of likely N-dealkylation sites (N-methyl/N-ethyl adjacent to an activating group) is 1. The Balaban J connectivity index is 1.45. The Morgan fingerprint density at radius 2 is 1.86 bits per heavy atom. The molecule has 2 atom stereocenters. The molecule has 2 aromatic carbocycles. The van der Waals surface area contributed by atoms with Crippen molar-refractivity contribution in [3.8, 4) is 0 Å². The summed E-state index contributed by atoms with van der Waals surface area (Å²) in [6.07, 6.45) is 1.65. The molecule has 0 aliphatic carbocycles. The Hall–Kier alpha value is -3.78. The third kappa shape index (κ3) is 6.26. The second-order valence-electron chi connectivity index (χ2n) is 9.34. The molecule has 1 aliphatic rings. The van der Waals surface area contributed by atoms with E-state index in [1.165, 1.54) is 17.7 Å². The van der Waals surface area contributed by atoms with Crippen molar-refractivity contribution in [3.05, 3.63) is 89.4 Å². The van der Waals surface area contributed by atoms with E-state index >= 15 is 0 Å². The molecule has 0 spiro atoms. The number of anilines is 2. The van der Waals surface area contributed by atoms with Gasteiger partial charge in [0.2, 0.25) is 11.8 Å². The highest BCUT2D eigenvalue weighted by Crippen LogP contribution is 2.22. The molecule has 2 heterocycles. The molecule has 1 aromatic heterocycles. The van der Waals surface area contributed by atoms with Crippen molar-refractivity contribution in [1.29, 1.82) is 0 Å². The van der Waals surface area contributed by atoms with E-state index in [9.17, 15) is 14.0 Å². The van der Waals surface area contributed by atoms with Crippen molar-refractivity contribution in [2.45, 2.75) is 25.8 Å². The van der Waals surface area contributed by atoms with E-state index in [-0.39, 0.29) is 17.7 Å². The zero-order valence-corrected chi connectivity index (χ0v) is 20.9. The molecule has 4 rings (SSSR count). The van der Waals surface area contributed by atoms with Crippen LogP contribution in [0.25, 0.3) is 0 Å². The highest BCUT2D eigenvalue weighted by molar-refractivity contribution is 5.95. The number of hydrogen-bond acceptors (Lipinski definition) is 5. The minimum absolute atomic E-state index is 0.0579. The monoisotopic (exact) mass is 489 g/mol. The number of hydrogen-bond donors (Lipinski definition) is 2. The lowest BCUT2D eigenvalue weighted by Crippen LogP contribution is -2.48. The molecule has 1 saturated heterocycles. The number of aromatic nitrogens is 1. The molecule has 36 heavy (non-hydrogen) atoms. The summed E-state index contributed by atoms with van der Waals surface area (Å²) in [6, 6.07) is 17.1. The van der Waals surface area contributed by atoms with Crippen molar-refractivity contribution < 1.29 is 14.0 Å². The van der Waals surface area contributed by atoms with Crippen LogP contribution < -0.4 is 15.5 Å². The summed E-state index contributed by atoms with van der Waals surface area (Å²) in [6.45, 7) is 6.33. The van der Waals surface area contributed by atoms with Gasteiger partial charge < -0.3 is 20.4 Å². The fourth-order valence-electron chi connectivity index (χ4n) is 4.18. The number of halogens is 1. The maximum absolute atomic E-state index is 14.0. The van der Waals surface area contributed by atoms with Crippen LogP contribution in [0, 0.1) is 12.7 Å². The molecule has 2 N–H and O–H groups in total. The number of amides is 2. The molecule has 8 heteroatoms. The van der Waals surface area contributed by atoms with Crippen molar-refractivity contribution in [3.63, 3.8) is 0 Å². The predicted octanol–water partition coefficient (Wildman–Crippen LogP) is 3.88. The Morgan fingerprint density at radius 3 is 2.53 bits per heavy atom. The number of nitrogens with zero attached hydrogens (tertiary/aromatic N) is 3. The fourth-order valence-corrected chi connectivity index (χ4v) is 4.18.